The molecule has 0 saturated heterocycles. The fourth-order valence-corrected chi connectivity index (χ4v) is 7.74. The molecule has 0 spiro atoms. The number of benzene rings is 2. The van der Waals surface area contributed by atoms with Crippen LogP contribution < -0.4 is 11.1 Å². The van der Waals surface area contributed by atoms with Gasteiger partial charge in [0, 0.05) is 29.4 Å². The number of hydrogen-bond acceptors (Lipinski definition) is 4. The molecule has 0 aliphatic heterocycles. The third-order valence-electron chi connectivity index (χ3n) is 6.15. The van der Waals surface area contributed by atoms with Crippen LogP contribution in [0.5, 0.6) is 0 Å². The highest BCUT2D eigenvalue weighted by Gasteiger charge is 2.49. The molecule has 0 aromatic heterocycles. The third-order valence-corrected chi connectivity index (χ3v) is 9.03. The molecule has 1 amide bonds. The maximum Gasteiger partial charge on any atom is 0.255 e. The lowest BCUT2D eigenvalue weighted by Gasteiger charge is -2.33. The molecule has 3 unspecified atom stereocenters. The van der Waals surface area contributed by atoms with Gasteiger partial charge in [-0.2, -0.15) is 0 Å². The predicted octanol–water partition coefficient (Wildman–Crippen LogP) is 4.72. The van der Waals surface area contributed by atoms with E-state index in [0.717, 1.165) is 18.9 Å². The maximum atomic E-state index is 13.4. The summed E-state index contributed by atoms with van der Waals surface area (Å²) in [4.78, 5) is 12.4. The Labute approximate surface area is 194 Å². The Hall–Kier alpha value is -1.81. The summed E-state index contributed by atoms with van der Waals surface area (Å²) in [6.07, 6.45) is 2.81. The second-order valence-electron chi connectivity index (χ2n) is 8.19. The normalized spacial score (nSPS) is 24.7. The van der Waals surface area contributed by atoms with Gasteiger partial charge in [0.1, 0.15) is 0 Å². The van der Waals surface area contributed by atoms with Gasteiger partial charge in [0.2, 0.25) is 0 Å². The number of fused-ring (bicyclic) bond motifs is 2. The van der Waals surface area contributed by atoms with Crippen LogP contribution in [-0.2, 0) is 9.84 Å². The number of sulfone groups is 1. The van der Waals surface area contributed by atoms with Crippen LogP contribution in [-0.4, -0.2) is 25.6 Å². The largest absolute Gasteiger partial charge is 0.328 e. The van der Waals surface area contributed by atoms with E-state index >= 15 is 0 Å². The van der Waals surface area contributed by atoms with Crippen LogP contribution in [0.15, 0.2) is 35.2 Å². The summed E-state index contributed by atoms with van der Waals surface area (Å²) in [6.45, 7) is 0. The van der Waals surface area contributed by atoms with E-state index in [0.29, 0.717) is 25.0 Å². The summed E-state index contributed by atoms with van der Waals surface area (Å²) in [5, 5.41) is 1.62. The quantitative estimate of drug-likeness (QED) is 0.584. The predicted molar refractivity (Wildman–Crippen MR) is 117 cm³/mol. The van der Waals surface area contributed by atoms with Crippen LogP contribution in [0.2, 0.25) is 5.02 Å². The fourth-order valence-electron chi connectivity index (χ4n) is 4.87. The lowest BCUT2D eigenvalue weighted by atomic mass is 9.85. The van der Waals surface area contributed by atoms with Crippen molar-refractivity contribution in [3.05, 3.63) is 58.4 Å². The minimum atomic E-state index is -3.84. The first kappa shape index (κ1) is 24.8. The van der Waals surface area contributed by atoms with Crippen LogP contribution in [0.3, 0.4) is 0 Å². The van der Waals surface area contributed by atoms with Gasteiger partial charge in [-0.3, -0.25) is 4.79 Å². The van der Waals surface area contributed by atoms with Crippen molar-refractivity contribution in [1.29, 1.82) is 0 Å². The van der Waals surface area contributed by atoms with E-state index in [1.807, 2.05) is 0 Å². The van der Waals surface area contributed by atoms with Gasteiger partial charge in [-0.05, 0) is 55.7 Å². The molecule has 4 rings (SSSR count). The molecule has 2 aromatic rings. The zero-order valence-electron chi connectivity index (χ0n) is 16.7. The van der Waals surface area contributed by atoms with Gasteiger partial charge < -0.3 is 11.1 Å². The van der Waals surface area contributed by atoms with Crippen molar-refractivity contribution in [2.24, 2.45) is 17.6 Å². The zero-order chi connectivity index (χ0) is 22.5. The average molecular weight is 509 g/mol. The summed E-state index contributed by atoms with van der Waals surface area (Å²) in [5.74, 6) is -5.50. The number of rotatable bonds is 4. The minimum absolute atomic E-state index is 0. The molecule has 0 heterocycles. The summed E-state index contributed by atoms with van der Waals surface area (Å²) in [6, 6.07) is 5.01. The summed E-state index contributed by atoms with van der Waals surface area (Å²) in [7, 11) is -3.84. The van der Waals surface area contributed by atoms with E-state index in [-0.39, 0.29) is 51.5 Å². The molecule has 32 heavy (non-hydrogen) atoms. The highest BCUT2D eigenvalue weighted by Crippen LogP contribution is 2.47. The van der Waals surface area contributed by atoms with Gasteiger partial charge >= 0.3 is 0 Å². The van der Waals surface area contributed by atoms with Crippen molar-refractivity contribution in [3.63, 3.8) is 0 Å². The first-order chi connectivity index (χ1) is 14.6. The van der Waals surface area contributed by atoms with Gasteiger partial charge in [0.25, 0.3) is 5.91 Å². The Morgan fingerprint density at radius 2 is 1.59 bits per heavy atom. The molecule has 174 valence electrons. The van der Waals surface area contributed by atoms with Crippen molar-refractivity contribution in [3.8, 4) is 0 Å². The van der Waals surface area contributed by atoms with Gasteiger partial charge in [-0.1, -0.05) is 11.6 Å². The highest BCUT2D eigenvalue weighted by atomic mass is 35.5. The number of nitrogens with one attached hydrogen (secondary N) is 1. The van der Waals surface area contributed by atoms with Crippen molar-refractivity contribution in [2.45, 2.75) is 41.9 Å². The van der Waals surface area contributed by atoms with E-state index in [1.165, 1.54) is 12.1 Å². The third kappa shape index (κ3) is 4.48. The summed E-state index contributed by atoms with van der Waals surface area (Å²) >= 11 is 6.19. The Bertz CT molecular complexity index is 1130. The van der Waals surface area contributed by atoms with Gasteiger partial charge in [0.15, 0.2) is 27.3 Å². The molecule has 2 bridgehead atoms. The minimum Gasteiger partial charge on any atom is -0.328 e. The lowest BCUT2D eigenvalue weighted by Crippen LogP contribution is -2.42. The molecular formula is C21H21Cl2F3N2O3S. The Kier molecular flexibility index (Phi) is 7.14. The lowest BCUT2D eigenvalue weighted by molar-refractivity contribution is 0.102. The van der Waals surface area contributed by atoms with E-state index in [4.69, 9.17) is 17.3 Å². The maximum absolute atomic E-state index is 13.4. The Morgan fingerprint density at radius 1 is 1.03 bits per heavy atom. The summed E-state index contributed by atoms with van der Waals surface area (Å²) < 4.78 is 66.8. The van der Waals surface area contributed by atoms with Crippen molar-refractivity contribution < 1.29 is 26.4 Å². The van der Waals surface area contributed by atoms with E-state index in [2.05, 4.69) is 5.32 Å². The fraction of sp³-hybridized carbons (Fsp3) is 0.381. The number of nitrogens with two attached hydrogens (primary N) is 1. The molecule has 0 radical (unpaired) electrons. The van der Waals surface area contributed by atoms with Gasteiger partial charge in [-0.25, -0.2) is 21.6 Å². The molecule has 5 nitrogen and oxygen atoms in total. The molecule has 2 fully saturated rings. The first-order valence-electron chi connectivity index (χ1n) is 9.83. The second-order valence-corrected chi connectivity index (χ2v) is 10.7. The topological polar surface area (TPSA) is 89.3 Å². The van der Waals surface area contributed by atoms with E-state index < -0.39 is 38.4 Å². The van der Waals surface area contributed by atoms with Crippen LogP contribution in [0, 0.1) is 29.3 Å². The van der Waals surface area contributed by atoms with Crippen LogP contribution in [0.25, 0.3) is 0 Å². The number of hydrogen-bond donors (Lipinski definition) is 2. The second kappa shape index (κ2) is 9.21. The first-order valence-corrected chi connectivity index (χ1v) is 11.7. The molecule has 3 N–H and O–H groups in total. The Morgan fingerprint density at radius 3 is 2.16 bits per heavy atom. The number of amides is 1. The average Bonchev–Trinajstić information content (AvgIpc) is 2.99. The SMILES string of the molecule is Cl.NC1CC2CC[C@@H](C1)C2S(=O)(=O)c1cc(C(=O)Nc2cc(F)c(F)c(F)c2)ccc1Cl. The molecule has 2 saturated carbocycles. The van der Waals surface area contributed by atoms with Gasteiger partial charge in [-0.15, -0.1) is 12.4 Å². The molecule has 2 aliphatic carbocycles. The van der Waals surface area contributed by atoms with Gasteiger partial charge in [0.05, 0.1) is 15.2 Å². The van der Waals surface area contributed by atoms with Crippen molar-refractivity contribution in [2.75, 3.05) is 5.32 Å². The number of carbonyl (C=O) groups excluding carboxylic acids is 1. The van der Waals surface area contributed by atoms with E-state index in [1.54, 1.807) is 0 Å². The van der Waals surface area contributed by atoms with E-state index in [9.17, 15) is 26.4 Å². The van der Waals surface area contributed by atoms with Crippen LogP contribution in [0.1, 0.15) is 36.0 Å². The molecule has 4 atom stereocenters. The zero-order valence-corrected chi connectivity index (χ0v) is 19.0. The van der Waals surface area contributed by atoms with Crippen molar-refractivity contribution in [1.82, 2.24) is 0 Å². The number of carbonyl (C=O) groups is 1. The highest BCUT2D eigenvalue weighted by molar-refractivity contribution is 7.92. The van der Waals surface area contributed by atoms with Crippen LogP contribution in [0.4, 0.5) is 18.9 Å². The standard InChI is InChI=1S/C21H20ClF3N2O3S.ClH/c22-15-4-3-12(21(28)27-14-8-16(23)19(25)17(24)9-14)7-18(15)31(29,30)20-10-1-2-11(20)6-13(26)5-10;/h3-4,7-11,13,20H,1-2,5-6,26H2,(H,27,28);1H/t10-,11?,13?,20?;/m0./s1. The van der Waals surface area contributed by atoms with Crippen LogP contribution >= 0.6 is 24.0 Å². The molecule has 2 aromatic carbocycles. The molecular weight excluding hydrogens is 488 g/mol. The smallest absolute Gasteiger partial charge is 0.255 e. The molecule has 11 heteroatoms. The number of anilines is 1. The monoisotopic (exact) mass is 508 g/mol. The Balaban J connectivity index is 0.00000289. The number of halogens is 5. The molecule has 2 aliphatic rings. The van der Waals surface area contributed by atoms with Crippen molar-refractivity contribution >= 4 is 45.4 Å². The summed E-state index contributed by atoms with van der Waals surface area (Å²) in [5.41, 5.74) is 5.68.